The van der Waals surface area contributed by atoms with E-state index in [9.17, 15) is 9.59 Å². The molecular weight excluding hydrogens is 316 g/mol. The van der Waals surface area contributed by atoms with E-state index >= 15 is 0 Å². The summed E-state index contributed by atoms with van der Waals surface area (Å²) >= 11 is 3.26. The van der Waals surface area contributed by atoms with Crippen LogP contribution in [0.3, 0.4) is 0 Å². The fourth-order valence-corrected chi connectivity index (χ4v) is 2.07. The molecule has 1 saturated carbocycles. The van der Waals surface area contributed by atoms with Crippen LogP contribution in [0.15, 0.2) is 53.0 Å². The van der Waals surface area contributed by atoms with Gasteiger partial charge in [0.15, 0.2) is 0 Å². The lowest BCUT2D eigenvalue weighted by atomic mass is 10.1. The van der Waals surface area contributed by atoms with Gasteiger partial charge in [0.05, 0.1) is 0 Å². The van der Waals surface area contributed by atoms with Gasteiger partial charge >= 0.3 is 0 Å². The van der Waals surface area contributed by atoms with Crippen molar-refractivity contribution in [2.75, 3.05) is 0 Å². The summed E-state index contributed by atoms with van der Waals surface area (Å²) in [5.41, 5.74) is 2.86. The molecule has 1 aliphatic carbocycles. The van der Waals surface area contributed by atoms with Gasteiger partial charge in [-0.25, -0.2) is 0 Å². The quantitative estimate of drug-likeness (QED) is 0.768. The van der Waals surface area contributed by atoms with E-state index in [-0.39, 0.29) is 0 Å². The summed E-state index contributed by atoms with van der Waals surface area (Å²) in [6.45, 7) is 0. The van der Waals surface area contributed by atoms with Crippen LogP contribution in [-0.2, 0) is 0 Å². The Morgan fingerprint density at radius 1 is 0.800 bits per heavy atom. The third-order valence-electron chi connectivity index (χ3n) is 3.13. The number of benzene rings is 2. The van der Waals surface area contributed by atoms with E-state index in [1.54, 1.807) is 12.1 Å². The number of aldehydes is 2. The van der Waals surface area contributed by atoms with Crippen LogP contribution in [0.2, 0.25) is 0 Å². The zero-order valence-electron chi connectivity index (χ0n) is 11.0. The summed E-state index contributed by atoms with van der Waals surface area (Å²) < 4.78 is 0.994. The molecule has 0 aromatic heterocycles. The number of rotatable bonds is 3. The summed E-state index contributed by atoms with van der Waals surface area (Å²) in [7, 11) is 0. The third-order valence-corrected chi connectivity index (χ3v) is 3.66. The zero-order chi connectivity index (χ0) is 14.4. The third kappa shape index (κ3) is 4.42. The van der Waals surface area contributed by atoms with E-state index in [1.807, 2.05) is 24.3 Å². The van der Waals surface area contributed by atoms with Gasteiger partial charge in [0, 0.05) is 15.6 Å². The summed E-state index contributed by atoms with van der Waals surface area (Å²) in [5, 5.41) is 0. The Balaban J connectivity index is 0.000000151. The highest BCUT2D eigenvalue weighted by Crippen LogP contribution is 2.39. The van der Waals surface area contributed by atoms with Crippen LogP contribution in [0.4, 0.5) is 0 Å². The Morgan fingerprint density at radius 2 is 1.25 bits per heavy atom. The molecule has 2 aromatic rings. The molecular formula is C17H15BrO2. The van der Waals surface area contributed by atoms with Gasteiger partial charge in [0.25, 0.3) is 0 Å². The molecule has 0 N–H and O–H groups in total. The number of hydrogen-bond donors (Lipinski definition) is 0. The molecule has 1 fully saturated rings. The molecule has 0 amide bonds. The number of hydrogen-bond acceptors (Lipinski definition) is 2. The Labute approximate surface area is 127 Å². The van der Waals surface area contributed by atoms with Crippen LogP contribution < -0.4 is 0 Å². The first kappa shape index (κ1) is 14.7. The Bertz CT molecular complexity index is 569. The van der Waals surface area contributed by atoms with E-state index < -0.39 is 0 Å². The summed E-state index contributed by atoms with van der Waals surface area (Å²) in [6.07, 6.45) is 4.35. The molecule has 0 atom stereocenters. The van der Waals surface area contributed by atoms with Crippen LogP contribution in [-0.4, -0.2) is 12.6 Å². The van der Waals surface area contributed by atoms with Crippen LogP contribution in [0.5, 0.6) is 0 Å². The van der Waals surface area contributed by atoms with E-state index in [2.05, 4.69) is 28.1 Å². The van der Waals surface area contributed by atoms with Crippen LogP contribution >= 0.6 is 15.9 Å². The minimum Gasteiger partial charge on any atom is -0.298 e. The minimum atomic E-state index is 0.707. The highest BCUT2D eigenvalue weighted by atomic mass is 79.9. The van der Waals surface area contributed by atoms with Gasteiger partial charge in [-0.1, -0.05) is 52.3 Å². The fourth-order valence-electron chi connectivity index (χ4n) is 1.80. The first-order valence-corrected chi connectivity index (χ1v) is 7.28. The summed E-state index contributed by atoms with van der Waals surface area (Å²) in [5.74, 6) is 0.788. The Kier molecular flexibility index (Phi) is 5.24. The SMILES string of the molecule is O=Cc1ccc(Br)cc1.O=Cc1ccc(C2CC2)cc1. The highest BCUT2D eigenvalue weighted by Gasteiger charge is 2.22. The van der Waals surface area contributed by atoms with Gasteiger partial charge in [0.2, 0.25) is 0 Å². The van der Waals surface area contributed by atoms with Gasteiger partial charge in [0.1, 0.15) is 12.6 Å². The molecule has 0 heterocycles. The molecule has 1 aliphatic rings. The molecule has 0 unspecified atom stereocenters. The first-order valence-electron chi connectivity index (χ1n) is 6.49. The molecule has 102 valence electrons. The Morgan fingerprint density at radius 3 is 1.65 bits per heavy atom. The average molecular weight is 331 g/mol. The largest absolute Gasteiger partial charge is 0.298 e. The molecule has 2 nitrogen and oxygen atoms in total. The normalized spacial score (nSPS) is 13.1. The predicted molar refractivity (Wildman–Crippen MR) is 83.3 cm³/mol. The molecule has 0 spiro atoms. The molecule has 0 aliphatic heterocycles. The number of carbonyl (C=O) groups is 2. The van der Waals surface area contributed by atoms with Crippen molar-refractivity contribution in [1.29, 1.82) is 0 Å². The summed E-state index contributed by atoms with van der Waals surface area (Å²) in [4.78, 5) is 20.4. The Hall–Kier alpha value is -1.74. The second-order valence-electron chi connectivity index (χ2n) is 4.73. The van der Waals surface area contributed by atoms with E-state index in [0.29, 0.717) is 5.56 Å². The molecule has 0 radical (unpaired) electrons. The van der Waals surface area contributed by atoms with Gasteiger partial charge < -0.3 is 0 Å². The van der Waals surface area contributed by atoms with Gasteiger partial charge in [-0.3, -0.25) is 9.59 Å². The summed E-state index contributed by atoms with van der Waals surface area (Å²) in [6, 6.07) is 15.1. The van der Waals surface area contributed by atoms with Gasteiger partial charge in [-0.2, -0.15) is 0 Å². The van der Waals surface area contributed by atoms with Crippen molar-refractivity contribution in [3.63, 3.8) is 0 Å². The second-order valence-corrected chi connectivity index (χ2v) is 5.64. The maximum atomic E-state index is 10.3. The highest BCUT2D eigenvalue weighted by molar-refractivity contribution is 9.10. The monoisotopic (exact) mass is 330 g/mol. The van der Waals surface area contributed by atoms with Crippen LogP contribution in [0, 0.1) is 0 Å². The van der Waals surface area contributed by atoms with Crippen molar-refractivity contribution in [2.45, 2.75) is 18.8 Å². The lowest BCUT2D eigenvalue weighted by Gasteiger charge is -1.95. The minimum absolute atomic E-state index is 0.707. The van der Waals surface area contributed by atoms with Crippen molar-refractivity contribution in [2.24, 2.45) is 0 Å². The maximum absolute atomic E-state index is 10.3. The molecule has 0 bridgehead atoms. The lowest BCUT2D eigenvalue weighted by Crippen LogP contribution is -1.81. The van der Waals surface area contributed by atoms with Crippen molar-refractivity contribution in [3.05, 3.63) is 69.7 Å². The fraction of sp³-hybridized carbons (Fsp3) is 0.176. The molecule has 3 heteroatoms. The topological polar surface area (TPSA) is 34.1 Å². The standard InChI is InChI=1S/C10H10O.C7H5BrO/c11-7-8-1-3-9(4-2-8)10-5-6-10;8-7-3-1-6(5-9)2-4-7/h1-4,7,10H,5-6H2;1-5H. The molecule has 20 heavy (non-hydrogen) atoms. The van der Waals surface area contributed by atoms with Crippen molar-refractivity contribution < 1.29 is 9.59 Å². The van der Waals surface area contributed by atoms with Gasteiger partial charge in [-0.05, 0) is 36.5 Å². The lowest BCUT2D eigenvalue weighted by molar-refractivity contribution is 0.111. The van der Waals surface area contributed by atoms with Crippen molar-refractivity contribution in [1.82, 2.24) is 0 Å². The van der Waals surface area contributed by atoms with Crippen LogP contribution in [0.1, 0.15) is 45.0 Å². The molecule has 2 aromatic carbocycles. The first-order chi connectivity index (χ1) is 9.72. The maximum Gasteiger partial charge on any atom is 0.150 e. The van der Waals surface area contributed by atoms with E-state index in [1.165, 1.54) is 18.4 Å². The second kappa shape index (κ2) is 7.15. The number of carbonyl (C=O) groups excluding carboxylic acids is 2. The van der Waals surface area contributed by atoms with Crippen molar-refractivity contribution in [3.8, 4) is 0 Å². The smallest absolute Gasteiger partial charge is 0.150 e. The average Bonchev–Trinajstić information content (AvgIpc) is 3.34. The van der Waals surface area contributed by atoms with E-state index in [0.717, 1.165) is 28.5 Å². The molecule has 0 saturated heterocycles. The van der Waals surface area contributed by atoms with Crippen LogP contribution in [0.25, 0.3) is 0 Å². The molecule has 3 rings (SSSR count). The predicted octanol–water partition coefficient (Wildman–Crippen LogP) is 4.64. The zero-order valence-corrected chi connectivity index (χ0v) is 12.5. The van der Waals surface area contributed by atoms with Crippen molar-refractivity contribution >= 4 is 28.5 Å². The van der Waals surface area contributed by atoms with Gasteiger partial charge in [-0.15, -0.1) is 0 Å². The number of halogens is 1. The van der Waals surface area contributed by atoms with E-state index in [4.69, 9.17) is 0 Å².